The van der Waals surface area contributed by atoms with E-state index < -0.39 is 35.7 Å². The van der Waals surface area contributed by atoms with Crippen LogP contribution in [0, 0.1) is 5.82 Å². The molecule has 1 N–H and O–H groups in total. The fraction of sp³-hybridized carbons (Fsp3) is 0.350. The molecule has 1 fully saturated rings. The van der Waals surface area contributed by atoms with Gasteiger partial charge in [0.15, 0.2) is 17.1 Å². The highest BCUT2D eigenvalue weighted by atomic mass is 19.1. The van der Waals surface area contributed by atoms with Gasteiger partial charge >= 0.3 is 6.03 Å². The molecule has 1 aromatic heterocycles. The highest BCUT2D eigenvalue weighted by Gasteiger charge is 2.51. The Morgan fingerprint density at radius 2 is 2.10 bits per heavy atom. The number of carbonyl (C=O) groups excluding carboxylic acids is 3. The van der Waals surface area contributed by atoms with Gasteiger partial charge in [-0.05, 0) is 43.7 Å². The number of benzene rings is 1. The number of halogens is 1. The molecule has 1 unspecified atom stereocenters. The minimum atomic E-state index is -1.36. The van der Waals surface area contributed by atoms with Crippen molar-refractivity contribution in [1.82, 2.24) is 15.1 Å². The van der Waals surface area contributed by atoms with Gasteiger partial charge < -0.3 is 19.4 Å². The Balaban J connectivity index is 1.72. The van der Waals surface area contributed by atoms with Crippen LogP contribution in [-0.2, 0) is 21.7 Å². The minimum absolute atomic E-state index is 0.111. The number of ether oxygens (including phenoxy) is 1. The molecule has 1 saturated heterocycles. The van der Waals surface area contributed by atoms with Gasteiger partial charge in [-0.2, -0.15) is 0 Å². The molecule has 2 heterocycles. The van der Waals surface area contributed by atoms with E-state index in [1.807, 2.05) is 0 Å². The molecule has 4 amide bonds. The lowest BCUT2D eigenvalue weighted by atomic mass is 9.99. The van der Waals surface area contributed by atoms with Gasteiger partial charge in [-0.25, -0.2) is 9.18 Å². The number of nitrogens with one attached hydrogen (secondary N) is 1. The van der Waals surface area contributed by atoms with Gasteiger partial charge in [0.2, 0.25) is 5.91 Å². The number of likely N-dealkylation sites (N-methyl/N-ethyl adjacent to an activating group) is 1. The number of hydrogen-bond acceptors (Lipinski definition) is 5. The molecule has 0 bridgehead atoms. The first kappa shape index (κ1) is 20.4. The molecule has 0 saturated carbocycles. The quantitative estimate of drug-likeness (QED) is 0.716. The van der Waals surface area contributed by atoms with E-state index >= 15 is 0 Å². The molecule has 2 aromatic rings. The standard InChI is InChI=1S/C20H22FN3O5/c1-4-23(11-13-7-8-15(28-3)14(21)10-13)17(25)12-24-18(26)20(2,22-19(24)27)16-6-5-9-29-16/h5-10H,4,11-12H2,1-3H3,(H,22,27). The Morgan fingerprint density at radius 3 is 2.69 bits per heavy atom. The molecule has 3 rings (SSSR count). The van der Waals surface area contributed by atoms with Crippen LogP contribution >= 0.6 is 0 Å². The van der Waals surface area contributed by atoms with E-state index in [9.17, 15) is 18.8 Å². The summed E-state index contributed by atoms with van der Waals surface area (Å²) in [7, 11) is 1.37. The van der Waals surface area contributed by atoms with E-state index in [1.54, 1.807) is 25.1 Å². The monoisotopic (exact) mass is 403 g/mol. The zero-order chi connectivity index (χ0) is 21.2. The molecule has 1 aromatic carbocycles. The largest absolute Gasteiger partial charge is 0.494 e. The van der Waals surface area contributed by atoms with Crippen molar-refractivity contribution in [2.24, 2.45) is 0 Å². The molecule has 29 heavy (non-hydrogen) atoms. The predicted octanol–water partition coefficient (Wildman–Crippen LogP) is 2.24. The van der Waals surface area contributed by atoms with Crippen molar-refractivity contribution in [3.05, 3.63) is 53.7 Å². The van der Waals surface area contributed by atoms with Crippen LogP contribution < -0.4 is 10.1 Å². The summed E-state index contributed by atoms with van der Waals surface area (Å²) in [5, 5.41) is 2.57. The normalized spacial score (nSPS) is 18.7. The number of hydrogen-bond donors (Lipinski definition) is 1. The maximum atomic E-state index is 13.9. The number of furan rings is 1. The number of imide groups is 1. The van der Waals surface area contributed by atoms with Crippen molar-refractivity contribution < 1.29 is 27.9 Å². The third kappa shape index (κ3) is 3.80. The Kier molecular flexibility index (Phi) is 5.58. The first-order valence-electron chi connectivity index (χ1n) is 9.08. The van der Waals surface area contributed by atoms with Crippen LogP contribution in [0.3, 0.4) is 0 Å². The van der Waals surface area contributed by atoms with E-state index in [2.05, 4.69) is 5.32 Å². The van der Waals surface area contributed by atoms with Crippen molar-refractivity contribution >= 4 is 17.8 Å². The zero-order valence-corrected chi connectivity index (χ0v) is 16.4. The number of amides is 4. The van der Waals surface area contributed by atoms with Crippen LogP contribution in [0.5, 0.6) is 5.75 Å². The maximum absolute atomic E-state index is 13.9. The lowest BCUT2D eigenvalue weighted by molar-refractivity contribution is -0.139. The summed E-state index contributed by atoms with van der Waals surface area (Å²) in [5.74, 6) is -1.14. The lowest BCUT2D eigenvalue weighted by Crippen LogP contribution is -2.44. The molecule has 0 spiro atoms. The van der Waals surface area contributed by atoms with Crippen LogP contribution in [0.25, 0.3) is 0 Å². The molecule has 1 aliphatic rings. The van der Waals surface area contributed by atoms with Crippen LogP contribution in [-0.4, -0.2) is 47.8 Å². The van der Waals surface area contributed by atoms with Crippen molar-refractivity contribution in [3.63, 3.8) is 0 Å². The van der Waals surface area contributed by atoms with Crippen LogP contribution in [0.15, 0.2) is 41.0 Å². The van der Waals surface area contributed by atoms with Crippen molar-refractivity contribution in [1.29, 1.82) is 0 Å². The van der Waals surface area contributed by atoms with Crippen molar-refractivity contribution in [2.75, 3.05) is 20.2 Å². The average Bonchev–Trinajstić information content (AvgIpc) is 3.31. The molecule has 154 valence electrons. The number of nitrogens with zero attached hydrogens (tertiary/aromatic N) is 2. The minimum Gasteiger partial charge on any atom is -0.494 e. The fourth-order valence-electron chi connectivity index (χ4n) is 3.21. The summed E-state index contributed by atoms with van der Waals surface area (Å²) >= 11 is 0. The molecule has 8 nitrogen and oxygen atoms in total. The fourth-order valence-corrected chi connectivity index (χ4v) is 3.21. The Hall–Kier alpha value is -3.36. The van der Waals surface area contributed by atoms with Crippen LogP contribution in [0.2, 0.25) is 0 Å². The zero-order valence-electron chi connectivity index (χ0n) is 16.4. The first-order chi connectivity index (χ1) is 13.8. The van der Waals surface area contributed by atoms with Gasteiger partial charge in [0, 0.05) is 13.1 Å². The summed E-state index contributed by atoms with van der Waals surface area (Å²) in [4.78, 5) is 40.2. The lowest BCUT2D eigenvalue weighted by Gasteiger charge is -2.24. The van der Waals surface area contributed by atoms with Gasteiger partial charge in [-0.3, -0.25) is 14.5 Å². The van der Waals surface area contributed by atoms with E-state index in [1.165, 1.54) is 37.3 Å². The number of urea groups is 1. The van der Waals surface area contributed by atoms with E-state index in [4.69, 9.17) is 9.15 Å². The topological polar surface area (TPSA) is 92.1 Å². The first-order valence-corrected chi connectivity index (χ1v) is 9.08. The second-order valence-electron chi connectivity index (χ2n) is 6.80. The molecule has 1 atom stereocenters. The Labute approximate surface area is 167 Å². The van der Waals surface area contributed by atoms with Gasteiger partial charge in [-0.15, -0.1) is 0 Å². The highest BCUT2D eigenvalue weighted by Crippen LogP contribution is 2.29. The highest BCUT2D eigenvalue weighted by molar-refractivity contribution is 6.08. The summed E-state index contributed by atoms with van der Waals surface area (Å²) in [6, 6.07) is 6.94. The molecule has 0 radical (unpaired) electrons. The molecule has 0 aliphatic carbocycles. The Bertz CT molecular complexity index is 930. The second-order valence-corrected chi connectivity index (χ2v) is 6.80. The van der Waals surface area contributed by atoms with Crippen molar-refractivity contribution in [3.8, 4) is 5.75 Å². The SMILES string of the molecule is CCN(Cc1ccc(OC)c(F)c1)C(=O)CN1C(=O)NC(C)(c2ccco2)C1=O. The molecular weight excluding hydrogens is 381 g/mol. The average molecular weight is 403 g/mol. The van der Waals surface area contributed by atoms with Crippen LogP contribution in [0.4, 0.5) is 9.18 Å². The summed E-state index contributed by atoms with van der Waals surface area (Å²) < 4.78 is 24.1. The van der Waals surface area contributed by atoms with E-state index in [-0.39, 0.29) is 18.1 Å². The maximum Gasteiger partial charge on any atom is 0.325 e. The van der Waals surface area contributed by atoms with E-state index in [0.29, 0.717) is 12.1 Å². The summed E-state index contributed by atoms with van der Waals surface area (Å²) in [6.07, 6.45) is 1.40. The van der Waals surface area contributed by atoms with Gasteiger partial charge in [-0.1, -0.05) is 6.07 Å². The number of methoxy groups -OCH3 is 1. The number of rotatable bonds is 7. The summed E-state index contributed by atoms with van der Waals surface area (Å²) in [5.41, 5.74) is -0.798. The third-order valence-corrected chi connectivity index (χ3v) is 4.91. The summed E-state index contributed by atoms with van der Waals surface area (Å²) in [6.45, 7) is 3.32. The van der Waals surface area contributed by atoms with Crippen LogP contribution in [0.1, 0.15) is 25.2 Å². The molecule has 9 heteroatoms. The van der Waals surface area contributed by atoms with Gasteiger partial charge in [0.1, 0.15) is 12.3 Å². The second kappa shape index (κ2) is 7.94. The van der Waals surface area contributed by atoms with Gasteiger partial charge in [0.05, 0.1) is 13.4 Å². The number of carbonyl (C=O) groups is 3. The molecule has 1 aliphatic heterocycles. The van der Waals surface area contributed by atoms with E-state index in [0.717, 1.165) is 4.90 Å². The Morgan fingerprint density at radius 1 is 1.34 bits per heavy atom. The predicted molar refractivity (Wildman–Crippen MR) is 100 cm³/mol. The molecular formula is C20H22FN3O5. The third-order valence-electron chi connectivity index (χ3n) is 4.91. The smallest absolute Gasteiger partial charge is 0.325 e. The van der Waals surface area contributed by atoms with Gasteiger partial charge in [0.25, 0.3) is 5.91 Å². The van der Waals surface area contributed by atoms with Crippen molar-refractivity contribution in [2.45, 2.75) is 25.9 Å².